The van der Waals surface area contributed by atoms with Crippen LogP contribution in [-0.2, 0) is 6.42 Å². The Kier molecular flexibility index (Phi) is 5.06. The van der Waals surface area contributed by atoms with Crippen LogP contribution in [0.5, 0.6) is 5.75 Å². The van der Waals surface area contributed by atoms with Crippen molar-refractivity contribution in [2.45, 2.75) is 38.2 Å². The van der Waals surface area contributed by atoms with Gasteiger partial charge in [-0.05, 0) is 49.8 Å². The largest absolute Gasteiger partial charge is 0.490 e. The number of hydrogen-bond acceptors (Lipinski definition) is 4. The van der Waals surface area contributed by atoms with Gasteiger partial charge in [0, 0.05) is 11.9 Å². The van der Waals surface area contributed by atoms with Gasteiger partial charge in [-0.25, -0.2) is 4.98 Å². The number of rotatable bonds is 6. The van der Waals surface area contributed by atoms with E-state index in [-0.39, 0.29) is 5.91 Å². The summed E-state index contributed by atoms with van der Waals surface area (Å²) >= 11 is 1.43. The maximum atomic E-state index is 11.8. The predicted molar refractivity (Wildman–Crippen MR) is 87.5 cm³/mol. The highest BCUT2D eigenvalue weighted by atomic mass is 32.1. The van der Waals surface area contributed by atoms with E-state index in [0.29, 0.717) is 18.3 Å². The van der Waals surface area contributed by atoms with Gasteiger partial charge < -0.3 is 10.1 Å². The zero-order chi connectivity index (χ0) is 15.2. The minimum absolute atomic E-state index is 0.109. The third-order valence-corrected chi connectivity index (χ3v) is 4.48. The Bertz CT molecular complexity index is 590. The first-order valence-electron chi connectivity index (χ1n) is 7.73. The molecule has 0 radical (unpaired) electrons. The van der Waals surface area contributed by atoms with Crippen molar-refractivity contribution in [1.29, 1.82) is 0 Å². The molecule has 0 unspecified atom stereocenters. The van der Waals surface area contributed by atoms with Crippen molar-refractivity contribution >= 4 is 17.2 Å². The molecule has 3 rings (SSSR count). The molecule has 2 aromatic rings. The average molecular weight is 316 g/mol. The zero-order valence-corrected chi connectivity index (χ0v) is 13.3. The van der Waals surface area contributed by atoms with E-state index in [0.717, 1.165) is 12.2 Å². The fourth-order valence-electron chi connectivity index (χ4n) is 2.67. The summed E-state index contributed by atoms with van der Waals surface area (Å²) in [5, 5.41) is 4.64. The molecule has 1 saturated carbocycles. The van der Waals surface area contributed by atoms with Crippen LogP contribution in [0.4, 0.5) is 0 Å². The summed E-state index contributed by atoms with van der Waals surface area (Å²) in [4.78, 5) is 15.7. The second-order valence-corrected chi connectivity index (χ2v) is 6.27. The molecule has 1 aliphatic rings. The summed E-state index contributed by atoms with van der Waals surface area (Å²) in [6, 6.07) is 8.18. The topological polar surface area (TPSA) is 51.2 Å². The Hall–Kier alpha value is -1.88. The number of benzene rings is 1. The summed E-state index contributed by atoms with van der Waals surface area (Å²) in [7, 11) is 0. The molecule has 1 N–H and O–H groups in total. The van der Waals surface area contributed by atoms with Gasteiger partial charge >= 0.3 is 0 Å². The summed E-state index contributed by atoms with van der Waals surface area (Å²) in [6.45, 7) is 0.610. The fourth-order valence-corrected chi connectivity index (χ4v) is 3.20. The Balaban J connectivity index is 1.43. The predicted octanol–water partition coefficient (Wildman–Crippen LogP) is 3.44. The number of amides is 1. The smallest absolute Gasteiger partial charge is 0.270 e. The molecule has 1 amide bonds. The first-order valence-corrected chi connectivity index (χ1v) is 8.67. The van der Waals surface area contributed by atoms with Gasteiger partial charge in [0.05, 0.1) is 11.6 Å². The van der Waals surface area contributed by atoms with E-state index in [4.69, 9.17) is 4.74 Å². The van der Waals surface area contributed by atoms with Crippen LogP contribution in [0.15, 0.2) is 35.2 Å². The molecule has 0 spiro atoms. The maximum Gasteiger partial charge on any atom is 0.270 e. The van der Waals surface area contributed by atoms with Crippen LogP contribution in [0.3, 0.4) is 0 Å². The summed E-state index contributed by atoms with van der Waals surface area (Å²) in [6.07, 6.45) is 6.10. The van der Waals surface area contributed by atoms with Crippen molar-refractivity contribution in [2.75, 3.05) is 6.54 Å². The second kappa shape index (κ2) is 7.40. The third kappa shape index (κ3) is 4.07. The fraction of sp³-hybridized carbons (Fsp3) is 0.412. The molecule has 1 fully saturated rings. The lowest BCUT2D eigenvalue weighted by Gasteiger charge is -2.13. The number of carbonyl (C=O) groups excluding carboxylic acids is 1. The highest BCUT2D eigenvalue weighted by molar-refractivity contribution is 7.07. The van der Waals surface area contributed by atoms with Crippen molar-refractivity contribution in [3.63, 3.8) is 0 Å². The van der Waals surface area contributed by atoms with Crippen LogP contribution in [0.25, 0.3) is 0 Å². The van der Waals surface area contributed by atoms with Crippen LogP contribution in [0, 0.1) is 0 Å². The average Bonchev–Trinajstić information content (AvgIpc) is 3.22. The molecule has 1 aliphatic carbocycles. The van der Waals surface area contributed by atoms with Gasteiger partial charge in [-0.2, -0.15) is 0 Å². The Morgan fingerprint density at radius 3 is 2.73 bits per heavy atom. The lowest BCUT2D eigenvalue weighted by Crippen LogP contribution is -2.25. The van der Waals surface area contributed by atoms with E-state index in [1.807, 2.05) is 12.1 Å². The van der Waals surface area contributed by atoms with Gasteiger partial charge in [0.15, 0.2) is 0 Å². The van der Waals surface area contributed by atoms with Crippen molar-refractivity contribution in [1.82, 2.24) is 10.3 Å². The molecule has 1 heterocycles. The monoisotopic (exact) mass is 316 g/mol. The Morgan fingerprint density at radius 2 is 2.05 bits per heavy atom. The molecule has 1 aromatic carbocycles. The molecule has 116 valence electrons. The normalized spacial score (nSPS) is 14.9. The van der Waals surface area contributed by atoms with E-state index in [1.54, 1.807) is 10.9 Å². The van der Waals surface area contributed by atoms with Crippen molar-refractivity contribution in [2.24, 2.45) is 0 Å². The standard InChI is InChI=1S/C17H20N2O2S/c20-17(16-11-22-12-19-16)18-10-9-13-5-7-15(8-6-13)21-14-3-1-2-4-14/h5-8,11-12,14H,1-4,9-10H2,(H,18,20). The molecule has 1 aromatic heterocycles. The summed E-state index contributed by atoms with van der Waals surface area (Å²) in [5.41, 5.74) is 3.35. The summed E-state index contributed by atoms with van der Waals surface area (Å²) in [5.74, 6) is 0.838. The molecule has 0 aliphatic heterocycles. The summed E-state index contributed by atoms with van der Waals surface area (Å²) < 4.78 is 5.95. The maximum absolute atomic E-state index is 11.8. The number of nitrogens with zero attached hydrogens (tertiary/aromatic N) is 1. The quantitative estimate of drug-likeness (QED) is 0.888. The van der Waals surface area contributed by atoms with Gasteiger partial charge in [-0.3, -0.25) is 4.79 Å². The van der Waals surface area contributed by atoms with Crippen LogP contribution in [-0.4, -0.2) is 23.5 Å². The van der Waals surface area contributed by atoms with Gasteiger partial charge in [0.2, 0.25) is 0 Å². The van der Waals surface area contributed by atoms with Gasteiger partial charge in [0.25, 0.3) is 5.91 Å². The molecule has 0 bridgehead atoms. The van der Waals surface area contributed by atoms with Crippen LogP contribution in [0.2, 0.25) is 0 Å². The van der Waals surface area contributed by atoms with Crippen molar-refractivity contribution in [3.05, 3.63) is 46.4 Å². The van der Waals surface area contributed by atoms with Gasteiger partial charge in [-0.1, -0.05) is 12.1 Å². The van der Waals surface area contributed by atoms with Crippen molar-refractivity contribution < 1.29 is 9.53 Å². The van der Waals surface area contributed by atoms with Crippen LogP contribution < -0.4 is 10.1 Å². The van der Waals surface area contributed by atoms with E-state index in [2.05, 4.69) is 22.4 Å². The molecular weight excluding hydrogens is 296 g/mol. The second-order valence-electron chi connectivity index (χ2n) is 5.55. The first kappa shape index (κ1) is 15.0. The van der Waals surface area contributed by atoms with Gasteiger partial charge in [-0.15, -0.1) is 11.3 Å². The third-order valence-electron chi connectivity index (χ3n) is 3.89. The number of hydrogen-bond donors (Lipinski definition) is 1. The van der Waals surface area contributed by atoms with E-state index in [9.17, 15) is 4.79 Å². The van der Waals surface area contributed by atoms with E-state index < -0.39 is 0 Å². The Morgan fingerprint density at radius 1 is 1.27 bits per heavy atom. The van der Waals surface area contributed by atoms with E-state index >= 15 is 0 Å². The number of nitrogens with one attached hydrogen (secondary N) is 1. The SMILES string of the molecule is O=C(NCCc1ccc(OC2CCCC2)cc1)c1cscn1. The number of ether oxygens (including phenoxy) is 1. The van der Waals surface area contributed by atoms with Crippen LogP contribution >= 0.6 is 11.3 Å². The lowest BCUT2D eigenvalue weighted by molar-refractivity contribution is 0.0950. The number of aromatic nitrogens is 1. The molecule has 0 atom stereocenters. The lowest BCUT2D eigenvalue weighted by atomic mass is 10.1. The van der Waals surface area contributed by atoms with Gasteiger partial charge in [0.1, 0.15) is 11.4 Å². The number of thiazole rings is 1. The van der Waals surface area contributed by atoms with E-state index in [1.165, 1.54) is 42.6 Å². The minimum Gasteiger partial charge on any atom is -0.490 e. The molecule has 4 nitrogen and oxygen atoms in total. The number of carbonyl (C=O) groups is 1. The first-order chi connectivity index (χ1) is 10.8. The minimum atomic E-state index is -0.109. The van der Waals surface area contributed by atoms with Crippen molar-refractivity contribution in [3.8, 4) is 5.75 Å². The highest BCUT2D eigenvalue weighted by Gasteiger charge is 2.16. The molecule has 5 heteroatoms. The molecular formula is C17H20N2O2S. The molecule has 0 saturated heterocycles. The highest BCUT2D eigenvalue weighted by Crippen LogP contribution is 2.24. The zero-order valence-electron chi connectivity index (χ0n) is 12.5. The van der Waals surface area contributed by atoms with Crippen LogP contribution in [0.1, 0.15) is 41.7 Å². The Labute approximate surface area is 134 Å². The molecule has 22 heavy (non-hydrogen) atoms.